The van der Waals surface area contributed by atoms with Crippen LogP contribution in [0.1, 0.15) is 26.2 Å². The fourth-order valence-corrected chi connectivity index (χ4v) is 0.873. The summed E-state index contributed by atoms with van der Waals surface area (Å²) < 4.78 is 9.84. The molecule has 1 fully saturated rings. The number of hydrogen-bond acceptors (Lipinski definition) is 3. The SMILES string of the molecule is CCC/C=C/CC(=O)OCC1CO1. The fourth-order valence-electron chi connectivity index (χ4n) is 0.873. The normalized spacial score (nSPS) is 20.5. The molecule has 13 heavy (non-hydrogen) atoms. The summed E-state index contributed by atoms with van der Waals surface area (Å²) >= 11 is 0. The number of carbonyl (C=O) groups excluding carboxylic acids is 1. The highest BCUT2D eigenvalue weighted by molar-refractivity contribution is 5.71. The van der Waals surface area contributed by atoms with Gasteiger partial charge in [-0.15, -0.1) is 0 Å². The molecule has 0 aromatic carbocycles. The van der Waals surface area contributed by atoms with Gasteiger partial charge >= 0.3 is 5.97 Å². The van der Waals surface area contributed by atoms with Gasteiger partial charge in [0.15, 0.2) is 0 Å². The second-order valence-electron chi connectivity index (χ2n) is 3.10. The van der Waals surface area contributed by atoms with E-state index in [-0.39, 0.29) is 12.1 Å². The molecule has 1 atom stereocenters. The zero-order valence-corrected chi connectivity index (χ0v) is 7.99. The Morgan fingerprint density at radius 1 is 1.62 bits per heavy atom. The van der Waals surface area contributed by atoms with E-state index < -0.39 is 0 Å². The predicted octanol–water partition coefficient (Wildman–Crippen LogP) is 1.67. The maximum Gasteiger partial charge on any atom is 0.309 e. The zero-order valence-electron chi connectivity index (χ0n) is 7.99. The summed E-state index contributed by atoms with van der Waals surface area (Å²) in [4.78, 5) is 11.0. The minimum absolute atomic E-state index is 0.164. The summed E-state index contributed by atoms with van der Waals surface area (Å²) in [7, 11) is 0. The monoisotopic (exact) mass is 184 g/mol. The minimum Gasteiger partial charge on any atom is -0.463 e. The van der Waals surface area contributed by atoms with Crippen molar-refractivity contribution >= 4 is 5.97 Å². The first-order chi connectivity index (χ1) is 6.33. The van der Waals surface area contributed by atoms with Gasteiger partial charge in [0, 0.05) is 0 Å². The molecule has 74 valence electrons. The molecule has 0 radical (unpaired) electrons. The van der Waals surface area contributed by atoms with Gasteiger partial charge in [-0.1, -0.05) is 25.5 Å². The molecule has 3 heteroatoms. The van der Waals surface area contributed by atoms with Crippen LogP contribution in [0, 0.1) is 0 Å². The lowest BCUT2D eigenvalue weighted by atomic mass is 10.3. The Labute approximate surface area is 78.7 Å². The number of esters is 1. The van der Waals surface area contributed by atoms with E-state index in [1.807, 2.05) is 12.2 Å². The molecule has 0 bridgehead atoms. The van der Waals surface area contributed by atoms with E-state index >= 15 is 0 Å². The third-order valence-corrected chi connectivity index (χ3v) is 1.74. The smallest absolute Gasteiger partial charge is 0.309 e. The molecule has 0 spiro atoms. The highest BCUT2D eigenvalue weighted by Crippen LogP contribution is 2.08. The van der Waals surface area contributed by atoms with Gasteiger partial charge in [-0.25, -0.2) is 0 Å². The van der Waals surface area contributed by atoms with Gasteiger partial charge in [0.25, 0.3) is 0 Å². The van der Waals surface area contributed by atoms with Crippen LogP contribution in [0.15, 0.2) is 12.2 Å². The second-order valence-corrected chi connectivity index (χ2v) is 3.10. The summed E-state index contributed by atoms with van der Waals surface area (Å²) in [5, 5.41) is 0. The number of rotatable bonds is 6. The number of hydrogen-bond donors (Lipinski definition) is 0. The Bertz CT molecular complexity index is 183. The summed E-state index contributed by atoms with van der Waals surface area (Å²) in [6.45, 7) is 3.26. The van der Waals surface area contributed by atoms with Gasteiger partial charge in [-0.3, -0.25) is 4.79 Å². The van der Waals surface area contributed by atoms with Crippen LogP contribution < -0.4 is 0 Å². The number of allylic oxidation sites excluding steroid dienone is 1. The molecule has 0 N–H and O–H groups in total. The first-order valence-electron chi connectivity index (χ1n) is 4.75. The van der Waals surface area contributed by atoms with Crippen LogP contribution in [0.5, 0.6) is 0 Å². The Kier molecular flexibility index (Phi) is 4.54. The second kappa shape index (κ2) is 5.75. The van der Waals surface area contributed by atoms with Gasteiger partial charge in [0.1, 0.15) is 12.7 Å². The molecule has 1 heterocycles. The van der Waals surface area contributed by atoms with Crippen LogP contribution in [0.3, 0.4) is 0 Å². The van der Waals surface area contributed by atoms with Crippen molar-refractivity contribution in [2.45, 2.75) is 32.3 Å². The molecule has 1 aliphatic heterocycles. The van der Waals surface area contributed by atoms with Crippen LogP contribution >= 0.6 is 0 Å². The van der Waals surface area contributed by atoms with Crippen LogP contribution in [0.2, 0.25) is 0 Å². The highest BCUT2D eigenvalue weighted by atomic mass is 16.6. The quantitative estimate of drug-likeness (QED) is 0.358. The van der Waals surface area contributed by atoms with E-state index in [1.54, 1.807) is 0 Å². The van der Waals surface area contributed by atoms with Crippen LogP contribution in [0.4, 0.5) is 0 Å². The average molecular weight is 184 g/mol. The van der Waals surface area contributed by atoms with E-state index in [9.17, 15) is 4.79 Å². The van der Waals surface area contributed by atoms with Crippen molar-refractivity contribution < 1.29 is 14.3 Å². The number of unbranched alkanes of at least 4 members (excludes halogenated alkanes) is 1. The Hall–Kier alpha value is -0.830. The Morgan fingerprint density at radius 3 is 3.00 bits per heavy atom. The standard InChI is InChI=1S/C10H16O3/c1-2-3-4-5-6-10(11)13-8-9-7-12-9/h4-5,9H,2-3,6-8H2,1H3/b5-4+. The number of epoxide rings is 1. The third-order valence-electron chi connectivity index (χ3n) is 1.74. The molecule has 1 saturated heterocycles. The molecule has 3 nitrogen and oxygen atoms in total. The third kappa shape index (κ3) is 5.42. The van der Waals surface area contributed by atoms with E-state index in [4.69, 9.17) is 9.47 Å². The van der Waals surface area contributed by atoms with Gasteiger partial charge in [-0.05, 0) is 6.42 Å². The molecular formula is C10H16O3. The molecule has 0 amide bonds. The molecule has 0 saturated carbocycles. The molecule has 1 rings (SSSR count). The predicted molar refractivity (Wildman–Crippen MR) is 49.4 cm³/mol. The van der Waals surface area contributed by atoms with Crippen molar-refractivity contribution in [1.82, 2.24) is 0 Å². The molecule has 1 aliphatic rings. The zero-order chi connectivity index (χ0) is 9.52. The van der Waals surface area contributed by atoms with Crippen molar-refractivity contribution in [2.24, 2.45) is 0 Å². The maximum atomic E-state index is 11.0. The first-order valence-corrected chi connectivity index (χ1v) is 4.75. The molecule has 0 aromatic rings. The van der Waals surface area contributed by atoms with Gasteiger partial charge < -0.3 is 9.47 Å². The summed E-state index contributed by atoms with van der Waals surface area (Å²) in [6, 6.07) is 0. The lowest BCUT2D eigenvalue weighted by Crippen LogP contribution is -2.08. The Balaban J connectivity index is 1.96. The van der Waals surface area contributed by atoms with Gasteiger partial charge in [0.05, 0.1) is 13.0 Å². The van der Waals surface area contributed by atoms with Crippen LogP contribution in [0.25, 0.3) is 0 Å². The summed E-state index contributed by atoms with van der Waals surface area (Å²) in [6.07, 6.45) is 6.56. The van der Waals surface area contributed by atoms with Gasteiger partial charge in [0.2, 0.25) is 0 Å². The average Bonchev–Trinajstić information content (AvgIpc) is 2.92. The first kappa shape index (κ1) is 10.3. The van der Waals surface area contributed by atoms with Gasteiger partial charge in [-0.2, -0.15) is 0 Å². The van der Waals surface area contributed by atoms with Crippen molar-refractivity contribution in [1.29, 1.82) is 0 Å². The van der Waals surface area contributed by atoms with E-state index in [1.165, 1.54) is 0 Å². The van der Waals surface area contributed by atoms with Crippen molar-refractivity contribution in [2.75, 3.05) is 13.2 Å². The van der Waals surface area contributed by atoms with E-state index in [2.05, 4.69) is 6.92 Å². The Morgan fingerprint density at radius 2 is 2.38 bits per heavy atom. The summed E-state index contributed by atoms with van der Waals surface area (Å²) in [5.41, 5.74) is 0. The van der Waals surface area contributed by atoms with Crippen molar-refractivity contribution in [3.63, 3.8) is 0 Å². The van der Waals surface area contributed by atoms with Crippen LogP contribution in [-0.4, -0.2) is 25.3 Å². The number of carbonyl (C=O) groups is 1. The summed E-state index contributed by atoms with van der Waals surface area (Å²) in [5.74, 6) is -0.164. The van der Waals surface area contributed by atoms with E-state index in [0.29, 0.717) is 13.0 Å². The molecule has 1 unspecified atom stereocenters. The fraction of sp³-hybridized carbons (Fsp3) is 0.700. The minimum atomic E-state index is -0.164. The van der Waals surface area contributed by atoms with E-state index in [0.717, 1.165) is 19.4 Å². The van der Waals surface area contributed by atoms with Crippen molar-refractivity contribution in [3.8, 4) is 0 Å². The topological polar surface area (TPSA) is 38.8 Å². The molecule has 0 aromatic heterocycles. The maximum absolute atomic E-state index is 11.0. The molecular weight excluding hydrogens is 168 g/mol. The van der Waals surface area contributed by atoms with Crippen molar-refractivity contribution in [3.05, 3.63) is 12.2 Å². The highest BCUT2D eigenvalue weighted by Gasteiger charge is 2.23. The van der Waals surface area contributed by atoms with Crippen LogP contribution in [-0.2, 0) is 14.3 Å². The lowest BCUT2D eigenvalue weighted by molar-refractivity contribution is -0.143. The largest absolute Gasteiger partial charge is 0.463 e. The number of ether oxygens (including phenoxy) is 2. The molecule has 0 aliphatic carbocycles. The lowest BCUT2D eigenvalue weighted by Gasteiger charge is -1.98.